The Hall–Kier alpha value is -2.13. The van der Waals surface area contributed by atoms with Gasteiger partial charge in [-0.15, -0.1) is 0 Å². The summed E-state index contributed by atoms with van der Waals surface area (Å²) in [6.07, 6.45) is -21.0. The Morgan fingerprint density at radius 2 is 1.59 bits per heavy atom. The van der Waals surface area contributed by atoms with Crippen LogP contribution in [0.1, 0.15) is 52.9 Å². The van der Waals surface area contributed by atoms with Gasteiger partial charge in [-0.1, -0.05) is 6.92 Å². The Kier molecular flexibility index (Phi) is 6.98. The molecule has 4 aliphatic rings. The van der Waals surface area contributed by atoms with E-state index in [1.54, 1.807) is 20.8 Å². The summed E-state index contributed by atoms with van der Waals surface area (Å²) in [6.45, 7) is 5.10. The van der Waals surface area contributed by atoms with Crippen molar-refractivity contribution in [3.8, 4) is 0 Å². The van der Waals surface area contributed by atoms with Gasteiger partial charge in [-0.05, 0) is 33.1 Å². The predicted molar refractivity (Wildman–Crippen MR) is 105 cm³/mol. The SMILES string of the molecule is CCC(C)(C)C(=O)OC1C(=O)OC2C3OC4(CCC(C(=O)OC(C(F)(F)F)C(F)(F)F)CC4)OC3OC12. The minimum Gasteiger partial charge on any atom is -0.454 e. The van der Waals surface area contributed by atoms with Crippen molar-refractivity contribution in [3.05, 3.63) is 0 Å². The molecule has 4 fully saturated rings. The highest BCUT2D eigenvalue weighted by molar-refractivity contribution is 5.84. The molecule has 37 heavy (non-hydrogen) atoms. The predicted octanol–water partition coefficient (Wildman–Crippen LogP) is 3.32. The van der Waals surface area contributed by atoms with Gasteiger partial charge in [0.2, 0.25) is 6.10 Å². The summed E-state index contributed by atoms with van der Waals surface area (Å²) < 4.78 is 108. The molecule has 0 bridgehead atoms. The minimum absolute atomic E-state index is 0.0553. The highest BCUT2D eigenvalue weighted by atomic mass is 19.4. The minimum atomic E-state index is -5.80. The molecule has 9 nitrogen and oxygen atoms in total. The first-order chi connectivity index (χ1) is 17.0. The first-order valence-electron chi connectivity index (χ1n) is 11.7. The van der Waals surface area contributed by atoms with E-state index in [0.29, 0.717) is 6.42 Å². The van der Waals surface area contributed by atoms with E-state index < -0.39 is 84.2 Å². The van der Waals surface area contributed by atoms with Crippen molar-refractivity contribution in [2.45, 2.75) is 108 Å². The fourth-order valence-electron chi connectivity index (χ4n) is 4.66. The molecule has 5 unspecified atom stereocenters. The van der Waals surface area contributed by atoms with Crippen LogP contribution in [0.5, 0.6) is 0 Å². The van der Waals surface area contributed by atoms with E-state index in [2.05, 4.69) is 4.74 Å². The molecule has 5 atom stereocenters. The molecule has 3 aliphatic heterocycles. The van der Waals surface area contributed by atoms with Gasteiger partial charge in [-0.25, -0.2) is 4.79 Å². The maximum atomic E-state index is 12.7. The lowest BCUT2D eigenvalue weighted by Gasteiger charge is -2.36. The van der Waals surface area contributed by atoms with Crippen LogP contribution in [0.3, 0.4) is 0 Å². The second-order valence-electron chi connectivity index (χ2n) is 10.2. The van der Waals surface area contributed by atoms with Crippen LogP contribution in [0.15, 0.2) is 0 Å². The van der Waals surface area contributed by atoms with Crippen molar-refractivity contribution < 1.29 is 69.1 Å². The average Bonchev–Trinajstić information content (AvgIpc) is 3.38. The van der Waals surface area contributed by atoms with Crippen LogP contribution in [-0.4, -0.2) is 72.9 Å². The van der Waals surface area contributed by atoms with E-state index >= 15 is 0 Å². The van der Waals surface area contributed by atoms with Crippen LogP contribution < -0.4 is 0 Å². The Morgan fingerprint density at radius 1 is 1.00 bits per heavy atom. The lowest BCUT2D eigenvalue weighted by molar-refractivity contribution is -0.315. The topological polar surface area (TPSA) is 107 Å². The Morgan fingerprint density at radius 3 is 2.14 bits per heavy atom. The number of halogens is 6. The zero-order valence-electron chi connectivity index (χ0n) is 20.0. The van der Waals surface area contributed by atoms with Crippen molar-refractivity contribution in [2.24, 2.45) is 11.3 Å². The van der Waals surface area contributed by atoms with E-state index in [1.807, 2.05) is 0 Å². The van der Waals surface area contributed by atoms with Crippen LogP contribution in [0.4, 0.5) is 26.3 Å². The molecule has 1 saturated carbocycles. The Bertz CT molecular complexity index is 911. The van der Waals surface area contributed by atoms with E-state index in [1.165, 1.54) is 0 Å². The quantitative estimate of drug-likeness (QED) is 0.291. The highest BCUT2D eigenvalue weighted by Crippen LogP contribution is 2.49. The molecule has 0 amide bonds. The number of carbonyl (C=O) groups excluding carboxylic acids is 3. The average molecular weight is 548 g/mol. The summed E-state index contributed by atoms with van der Waals surface area (Å²) in [5, 5.41) is 0. The number of ether oxygens (including phenoxy) is 6. The third kappa shape index (κ3) is 5.26. The molecule has 1 aliphatic carbocycles. The van der Waals surface area contributed by atoms with Crippen molar-refractivity contribution in [3.63, 3.8) is 0 Å². The van der Waals surface area contributed by atoms with Crippen molar-refractivity contribution >= 4 is 17.9 Å². The van der Waals surface area contributed by atoms with Gasteiger partial charge in [0, 0.05) is 12.8 Å². The summed E-state index contributed by atoms with van der Waals surface area (Å²) in [5.41, 5.74) is -0.843. The van der Waals surface area contributed by atoms with Crippen LogP contribution >= 0.6 is 0 Å². The van der Waals surface area contributed by atoms with E-state index in [9.17, 15) is 40.7 Å². The second kappa shape index (κ2) is 9.26. The molecule has 210 valence electrons. The number of esters is 3. The Balaban J connectivity index is 1.34. The van der Waals surface area contributed by atoms with Gasteiger partial charge < -0.3 is 28.4 Å². The van der Waals surface area contributed by atoms with Gasteiger partial charge in [-0.2, -0.15) is 26.3 Å². The zero-order chi connectivity index (χ0) is 27.6. The number of hydrogen-bond donors (Lipinski definition) is 0. The van der Waals surface area contributed by atoms with E-state index in [4.69, 9.17) is 23.7 Å². The molecule has 0 N–H and O–H groups in total. The van der Waals surface area contributed by atoms with Crippen LogP contribution in [-0.2, 0) is 42.8 Å². The van der Waals surface area contributed by atoms with Crippen LogP contribution in [0.2, 0.25) is 0 Å². The molecule has 3 saturated heterocycles. The lowest BCUT2D eigenvalue weighted by Crippen LogP contribution is -2.47. The standard InChI is InChI=1S/C22H26F6O9/c1-4-19(2,3)18(31)34-12-10-11(32-15(12)30)13-16(33-10)37-20(36-13)7-5-9(6-8-20)14(29)35-17(21(23,24)25)22(26,27)28/h9-13,16-17H,4-8H2,1-3H3. The molecule has 0 aromatic heterocycles. The van der Waals surface area contributed by atoms with Crippen molar-refractivity contribution in [2.75, 3.05) is 0 Å². The first-order valence-corrected chi connectivity index (χ1v) is 11.7. The maximum absolute atomic E-state index is 12.7. The molecule has 0 aromatic carbocycles. The summed E-state index contributed by atoms with van der Waals surface area (Å²) in [5.74, 6) is -5.60. The van der Waals surface area contributed by atoms with E-state index in [0.717, 1.165) is 0 Å². The molecule has 15 heteroatoms. The monoisotopic (exact) mass is 548 g/mol. The molecule has 3 heterocycles. The molecule has 0 aromatic rings. The largest absolute Gasteiger partial charge is 0.454 e. The second-order valence-corrected chi connectivity index (χ2v) is 10.2. The number of fused-ring (bicyclic) bond motifs is 3. The van der Waals surface area contributed by atoms with Gasteiger partial charge in [-0.3, -0.25) is 9.59 Å². The van der Waals surface area contributed by atoms with Gasteiger partial charge in [0.25, 0.3) is 6.10 Å². The van der Waals surface area contributed by atoms with Gasteiger partial charge in [0.15, 0.2) is 24.3 Å². The molecular weight excluding hydrogens is 522 g/mol. The third-order valence-corrected chi connectivity index (χ3v) is 7.25. The smallest absolute Gasteiger partial charge is 0.434 e. The molecule has 4 rings (SSSR count). The summed E-state index contributed by atoms with van der Waals surface area (Å²) >= 11 is 0. The molecule has 0 radical (unpaired) electrons. The summed E-state index contributed by atoms with van der Waals surface area (Å²) in [4.78, 5) is 36.9. The fourth-order valence-corrected chi connectivity index (χ4v) is 4.66. The molecule has 1 spiro atoms. The third-order valence-electron chi connectivity index (χ3n) is 7.25. The van der Waals surface area contributed by atoms with Gasteiger partial charge >= 0.3 is 30.3 Å². The van der Waals surface area contributed by atoms with Crippen molar-refractivity contribution in [1.29, 1.82) is 0 Å². The van der Waals surface area contributed by atoms with E-state index in [-0.39, 0.29) is 25.7 Å². The number of rotatable bonds is 5. The highest BCUT2D eigenvalue weighted by Gasteiger charge is 2.66. The number of carbonyl (C=O) groups is 3. The van der Waals surface area contributed by atoms with Gasteiger partial charge in [0.05, 0.1) is 11.3 Å². The normalized spacial score (nSPS) is 35.9. The Labute approximate surface area is 207 Å². The lowest BCUT2D eigenvalue weighted by atomic mass is 9.85. The number of alkyl halides is 6. The molecular formula is C22H26F6O9. The summed E-state index contributed by atoms with van der Waals surface area (Å²) in [6, 6.07) is 0. The van der Waals surface area contributed by atoms with Crippen LogP contribution in [0.25, 0.3) is 0 Å². The maximum Gasteiger partial charge on any atom is 0.434 e. The van der Waals surface area contributed by atoms with Crippen molar-refractivity contribution in [1.82, 2.24) is 0 Å². The zero-order valence-corrected chi connectivity index (χ0v) is 20.0. The first kappa shape index (κ1) is 27.9. The van der Waals surface area contributed by atoms with Gasteiger partial charge in [0.1, 0.15) is 6.10 Å². The number of hydrogen-bond acceptors (Lipinski definition) is 9. The fraction of sp³-hybridized carbons (Fsp3) is 0.864. The van der Waals surface area contributed by atoms with Crippen LogP contribution in [0, 0.1) is 11.3 Å². The summed E-state index contributed by atoms with van der Waals surface area (Å²) in [7, 11) is 0.